The maximum Gasteiger partial charge on any atom is 0.251 e. The summed E-state index contributed by atoms with van der Waals surface area (Å²) in [6.45, 7) is 7.58. The Bertz CT molecular complexity index is 965. The Kier molecular flexibility index (Phi) is 3.57. The third-order valence-electron chi connectivity index (χ3n) is 5.63. The van der Waals surface area contributed by atoms with Gasteiger partial charge in [-0.25, -0.2) is 8.91 Å². The molecule has 4 rings (SSSR count). The highest BCUT2D eigenvalue weighted by molar-refractivity contribution is 6.05. The number of primary amides is 1. The van der Waals surface area contributed by atoms with Crippen molar-refractivity contribution in [3.8, 4) is 0 Å². The molecule has 1 aliphatic rings. The monoisotopic (exact) mass is 343 g/mol. The summed E-state index contributed by atoms with van der Waals surface area (Å²) in [6.07, 6.45) is 3.93. The average Bonchev–Trinajstić information content (AvgIpc) is 3.13. The van der Waals surface area contributed by atoms with E-state index in [0.29, 0.717) is 11.0 Å². The lowest BCUT2D eigenvalue weighted by Gasteiger charge is -2.38. The van der Waals surface area contributed by atoms with Crippen LogP contribution in [0.5, 0.6) is 0 Å². The molecule has 0 radical (unpaired) electrons. The van der Waals surface area contributed by atoms with Crippen LogP contribution in [0.25, 0.3) is 16.7 Å². The van der Waals surface area contributed by atoms with Gasteiger partial charge in [-0.3, -0.25) is 4.79 Å². The van der Waals surface area contributed by atoms with Crippen molar-refractivity contribution in [3.63, 3.8) is 0 Å². The van der Waals surface area contributed by atoms with Crippen LogP contribution in [-0.2, 0) is 5.41 Å². The summed E-state index contributed by atoms with van der Waals surface area (Å²) >= 11 is 0. The van der Waals surface area contributed by atoms with Crippen LogP contribution in [0.2, 0.25) is 0 Å². The molecule has 2 aromatic heterocycles. The Hall–Kier alpha value is -2.41. The molecule has 0 bridgehead atoms. The fourth-order valence-corrected chi connectivity index (χ4v) is 3.95. The van der Waals surface area contributed by atoms with Crippen LogP contribution in [0.1, 0.15) is 42.6 Å². The number of hydrogen-bond donors (Lipinski definition) is 2. The number of rotatable bonds is 3. The van der Waals surface area contributed by atoms with Crippen LogP contribution >= 0.6 is 0 Å². The maximum absolute atomic E-state index is 13.8. The molecule has 1 fully saturated rings. The largest absolute Gasteiger partial charge is 0.366 e. The summed E-state index contributed by atoms with van der Waals surface area (Å²) in [4.78, 5) is 17.4. The van der Waals surface area contributed by atoms with Crippen LogP contribution in [0.15, 0.2) is 18.3 Å². The van der Waals surface area contributed by atoms with Gasteiger partial charge in [0, 0.05) is 11.0 Å². The fraction of sp³-hybridized carbons (Fsp3) is 0.444. The number of imidazole rings is 1. The number of amides is 1. The van der Waals surface area contributed by atoms with Gasteiger partial charge in [0.15, 0.2) is 0 Å². The zero-order valence-corrected chi connectivity index (χ0v) is 14.5. The summed E-state index contributed by atoms with van der Waals surface area (Å²) < 4.78 is 15.5. The fourth-order valence-electron chi connectivity index (χ4n) is 3.95. The number of aromatic nitrogens is 3. The molecule has 6 nitrogen and oxygen atoms in total. The number of hydrogen-bond acceptors (Lipinski definition) is 3. The van der Waals surface area contributed by atoms with E-state index in [2.05, 4.69) is 28.8 Å². The average molecular weight is 343 g/mol. The molecular formula is C18H22FN5O. The van der Waals surface area contributed by atoms with Gasteiger partial charge in [-0.1, -0.05) is 13.8 Å². The van der Waals surface area contributed by atoms with Crippen molar-refractivity contribution in [1.82, 2.24) is 19.5 Å². The molecule has 1 aromatic carbocycles. The molecule has 0 saturated carbocycles. The van der Waals surface area contributed by atoms with Gasteiger partial charge < -0.3 is 15.6 Å². The van der Waals surface area contributed by atoms with Crippen molar-refractivity contribution in [2.24, 2.45) is 5.73 Å². The lowest BCUT2D eigenvalue weighted by Crippen LogP contribution is -2.40. The zero-order valence-electron chi connectivity index (χ0n) is 14.5. The van der Waals surface area contributed by atoms with Crippen molar-refractivity contribution in [2.75, 3.05) is 19.6 Å². The van der Waals surface area contributed by atoms with Gasteiger partial charge in [0.05, 0.1) is 17.3 Å². The molecule has 0 unspecified atom stereocenters. The van der Waals surface area contributed by atoms with E-state index in [9.17, 15) is 9.18 Å². The van der Waals surface area contributed by atoms with Crippen LogP contribution in [0.4, 0.5) is 4.39 Å². The molecule has 132 valence electrons. The van der Waals surface area contributed by atoms with Crippen molar-refractivity contribution < 1.29 is 9.18 Å². The Morgan fingerprint density at radius 3 is 2.76 bits per heavy atom. The molecule has 3 aromatic rings. The number of carbonyl (C=O) groups is 1. The zero-order chi connectivity index (χ0) is 17.8. The molecular weight excluding hydrogens is 321 g/mol. The van der Waals surface area contributed by atoms with Crippen LogP contribution in [-0.4, -0.2) is 45.0 Å². The van der Waals surface area contributed by atoms with Crippen LogP contribution in [0, 0.1) is 5.82 Å². The molecule has 7 heteroatoms. The van der Waals surface area contributed by atoms with E-state index >= 15 is 0 Å². The first-order valence-corrected chi connectivity index (χ1v) is 8.64. The number of fused-ring (bicyclic) bond motifs is 3. The molecule has 0 aliphatic carbocycles. The number of benzene rings is 1. The van der Waals surface area contributed by atoms with E-state index in [4.69, 9.17) is 5.73 Å². The number of halogens is 1. The van der Waals surface area contributed by atoms with E-state index in [-0.39, 0.29) is 11.0 Å². The van der Waals surface area contributed by atoms with E-state index in [1.165, 1.54) is 12.1 Å². The molecule has 1 saturated heterocycles. The number of piperidine rings is 1. The lowest BCUT2D eigenvalue weighted by atomic mass is 9.75. The summed E-state index contributed by atoms with van der Waals surface area (Å²) in [7, 11) is 0. The first-order chi connectivity index (χ1) is 11.9. The summed E-state index contributed by atoms with van der Waals surface area (Å²) in [5.74, 6) is -1.15. The van der Waals surface area contributed by atoms with Crippen molar-refractivity contribution in [3.05, 3.63) is 35.3 Å². The minimum absolute atomic E-state index is 0.000270. The number of nitrogens with one attached hydrogen (secondary N) is 1. The molecule has 0 spiro atoms. The topological polar surface area (TPSA) is 79.4 Å². The highest BCUT2D eigenvalue weighted by Gasteiger charge is 2.34. The predicted octanol–water partition coefficient (Wildman–Crippen LogP) is 2.43. The molecule has 3 N–H and O–H groups in total. The van der Waals surface area contributed by atoms with E-state index < -0.39 is 11.7 Å². The van der Waals surface area contributed by atoms with Crippen molar-refractivity contribution in [2.45, 2.75) is 32.1 Å². The van der Waals surface area contributed by atoms with Gasteiger partial charge in [0.25, 0.3) is 5.91 Å². The molecule has 3 heterocycles. The van der Waals surface area contributed by atoms with Gasteiger partial charge in [-0.2, -0.15) is 5.10 Å². The number of carbonyl (C=O) groups excluding carboxylic acids is 1. The summed E-state index contributed by atoms with van der Waals surface area (Å²) in [6, 6.07) is 2.54. The predicted molar refractivity (Wildman–Crippen MR) is 94.2 cm³/mol. The van der Waals surface area contributed by atoms with Gasteiger partial charge in [-0.05, 0) is 44.6 Å². The van der Waals surface area contributed by atoms with Gasteiger partial charge in [0.1, 0.15) is 17.0 Å². The number of aromatic amines is 1. The molecule has 1 amide bonds. The molecule has 1 aliphatic heterocycles. The summed E-state index contributed by atoms with van der Waals surface area (Å²) in [5.41, 5.74) is 8.57. The number of H-pyrrole nitrogens is 1. The second-order valence-electron chi connectivity index (χ2n) is 7.15. The van der Waals surface area contributed by atoms with Gasteiger partial charge in [0.2, 0.25) is 0 Å². The number of nitrogens with zero attached hydrogens (tertiary/aromatic N) is 3. The minimum Gasteiger partial charge on any atom is -0.366 e. The second-order valence-corrected chi connectivity index (χ2v) is 7.15. The lowest BCUT2D eigenvalue weighted by molar-refractivity contribution is 0.100. The Labute approximate surface area is 144 Å². The van der Waals surface area contributed by atoms with E-state index in [0.717, 1.165) is 43.7 Å². The highest BCUT2D eigenvalue weighted by Crippen LogP contribution is 2.38. The Morgan fingerprint density at radius 2 is 2.12 bits per heavy atom. The Balaban J connectivity index is 1.88. The quantitative estimate of drug-likeness (QED) is 0.766. The van der Waals surface area contributed by atoms with Crippen LogP contribution in [0.3, 0.4) is 0 Å². The second kappa shape index (κ2) is 5.56. The molecule has 25 heavy (non-hydrogen) atoms. The first-order valence-electron chi connectivity index (χ1n) is 8.64. The minimum atomic E-state index is -0.662. The smallest absolute Gasteiger partial charge is 0.251 e. The normalized spacial score (nSPS) is 18.2. The van der Waals surface area contributed by atoms with Gasteiger partial charge in [-0.15, -0.1) is 0 Å². The number of likely N-dealkylation sites (tertiary alicyclic amines) is 1. The third-order valence-corrected chi connectivity index (χ3v) is 5.63. The van der Waals surface area contributed by atoms with E-state index in [1.807, 2.05) is 6.20 Å². The standard InChI is InChI=1S/C18H22FN5O/c1-3-23-6-4-18(2,5-7-23)13-10-21-24-15-12(16(20)25)8-11(19)9-14(15)22-17(13)24/h8-10,22H,3-7H2,1-2H3,(H2,20,25). The van der Waals surface area contributed by atoms with Crippen molar-refractivity contribution >= 4 is 22.6 Å². The van der Waals surface area contributed by atoms with Crippen molar-refractivity contribution in [1.29, 1.82) is 0 Å². The Morgan fingerprint density at radius 1 is 1.40 bits per heavy atom. The third kappa shape index (κ3) is 2.41. The maximum atomic E-state index is 13.8. The molecule has 0 atom stereocenters. The number of nitrogens with two attached hydrogens (primary N) is 1. The first kappa shape index (κ1) is 16.1. The van der Waals surface area contributed by atoms with E-state index in [1.54, 1.807) is 4.52 Å². The van der Waals surface area contributed by atoms with Gasteiger partial charge >= 0.3 is 0 Å². The summed E-state index contributed by atoms with van der Waals surface area (Å²) in [5, 5.41) is 4.48. The highest BCUT2D eigenvalue weighted by atomic mass is 19.1. The SMILES string of the molecule is CCN1CCC(C)(c2cnn3c2[nH]c2cc(F)cc(C(N)=O)c23)CC1. The van der Waals surface area contributed by atoms with Crippen LogP contribution < -0.4 is 5.73 Å².